The van der Waals surface area contributed by atoms with Crippen LogP contribution in [0.3, 0.4) is 0 Å². The van der Waals surface area contributed by atoms with Crippen molar-refractivity contribution < 1.29 is 58.7 Å². The first-order valence-electron chi connectivity index (χ1n) is 15.3. The summed E-state index contributed by atoms with van der Waals surface area (Å²) in [6.45, 7) is 1.09. The molecule has 5 aliphatic rings. The normalized spacial score (nSPS) is 52.2. The minimum atomic E-state index is -1.53. The molecule has 44 heavy (non-hydrogen) atoms. The predicted octanol–water partition coefficient (Wildman–Crippen LogP) is -6.81. The second-order valence-electron chi connectivity index (χ2n) is 12.3. The number of nitrogens with two attached hydrogens (primary N) is 5. The minimum absolute atomic E-state index is 0.0337. The lowest BCUT2D eigenvalue weighted by Crippen LogP contribution is -2.66. The number of rotatable bonds is 9. The highest BCUT2D eigenvalue weighted by atomic mass is 16.8. The van der Waals surface area contributed by atoms with Gasteiger partial charge < -0.3 is 92.7 Å². The highest BCUT2D eigenvalue weighted by Crippen LogP contribution is 2.34. The summed E-state index contributed by atoms with van der Waals surface area (Å²) in [6, 6.07) is -3.19. The number of morpholine rings is 1. The third kappa shape index (κ3) is 7.23. The molecule has 18 heteroatoms. The Bertz CT molecular complexity index is 910. The van der Waals surface area contributed by atoms with Crippen molar-refractivity contribution in [3.8, 4) is 0 Å². The zero-order valence-corrected chi connectivity index (χ0v) is 24.5. The second-order valence-corrected chi connectivity index (χ2v) is 12.3. The summed E-state index contributed by atoms with van der Waals surface area (Å²) >= 11 is 0. The Labute approximate surface area is 255 Å². The quantitative estimate of drug-likeness (QED) is 0.112. The molecule has 18 unspecified atom stereocenters. The van der Waals surface area contributed by atoms with Crippen LogP contribution in [0.4, 0.5) is 0 Å². The molecule has 0 radical (unpaired) electrons. The zero-order valence-electron chi connectivity index (χ0n) is 24.5. The highest BCUT2D eigenvalue weighted by Gasteiger charge is 2.53. The number of nitrogens with one attached hydrogen (secondary N) is 1. The molecule has 18 nitrogen and oxygen atoms in total. The maximum Gasteiger partial charge on any atom is 0.187 e. The molecule has 0 amide bonds. The molecule has 4 heterocycles. The van der Waals surface area contributed by atoms with Gasteiger partial charge in [-0.25, -0.2) is 0 Å². The van der Waals surface area contributed by atoms with Crippen molar-refractivity contribution in [1.29, 1.82) is 0 Å². The summed E-state index contributed by atoms with van der Waals surface area (Å²) in [4.78, 5) is 0. The maximum atomic E-state index is 11.2. The summed E-state index contributed by atoms with van der Waals surface area (Å²) in [5.74, 6) is 0. The largest absolute Gasteiger partial charge is 0.394 e. The van der Waals surface area contributed by atoms with E-state index in [0.29, 0.717) is 32.6 Å². The van der Waals surface area contributed by atoms with Gasteiger partial charge in [0.1, 0.15) is 48.8 Å². The molecule has 5 fully saturated rings. The second kappa shape index (κ2) is 15.0. The number of aliphatic hydroxyl groups excluding tert-OH is 5. The van der Waals surface area contributed by atoms with Gasteiger partial charge in [-0.3, -0.25) is 0 Å². The average Bonchev–Trinajstić information content (AvgIpc) is 3.32. The molecular formula is C26H50N6O12. The van der Waals surface area contributed by atoms with Crippen molar-refractivity contribution in [2.24, 2.45) is 28.7 Å². The Morgan fingerprint density at radius 2 is 1.41 bits per heavy atom. The standard InChI is InChI=1S/C26H50N6O12/c27-6-14-18(35)19(36)16(31)25(40-14)43-22-15(7-33)41-26(20(22)37)44-23-17(34)10(29)5-11(30)21(23)42-24-9(28)1-2-13(39-24)12-8-38-4-3-32-12/h9-26,32-37H,1-8,27-31H2. The Morgan fingerprint density at radius 3 is 2.09 bits per heavy atom. The van der Waals surface area contributed by atoms with Crippen LogP contribution in [0.15, 0.2) is 0 Å². The minimum Gasteiger partial charge on any atom is -0.394 e. The Balaban J connectivity index is 1.28. The topological polar surface area (TPSA) is 308 Å². The van der Waals surface area contributed by atoms with Gasteiger partial charge in [-0.1, -0.05) is 0 Å². The molecule has 18 atom stereocenters. The molecular weight excluding hydrogens is 588 g/mol. The van der Waals surface area contributed by atoms with Gasteiger partial charge in [0.15, 0.2) is 18.9 Å². The van der Waals surface area contributed by atoms with E-state index in [1.807, 2.05) is 0 Å². The highest BCUT2D eigenvalue weighted by molar-refractivity contribution is 5.01. The predicted molar refractivity (Wildman–Crippen MR) is 149 cm³/mol. The summed E-state index contributed by atoms with van der Waals surface area (Å²) in [5.41, 5.74) is 30.7. The summed E-state index contributed by atoms with van der Waals surface area (Å²) < 4.78 is 41.5. The van der Waals surface area contributed by atoms with Crippen LogP contribution in [0.25, 0.3) is 0 Å². The first-order chi connectivity index (χ1) is 21.0. The van der Waals surface area contributed by atoms with Crippen LogP contribution in [0.1, 0.15) is 19.3 Å². The Hall–Kier alpha value is -0.720. The summed E-state index contributed by atoms with van der Waals surface area (Å²) in [6.07, 6.45) is -13.4. The van der Waals surface area contributed by atoms with Gasteiger partial charge in [0.2, 0.25) is 0 Å². The molecule has 1 saturated carbocycles. The number of ether oxygens (including phenoxy) is 7. The fourth-order valence-electron chi connectivity index (χ4n) is 6.56. The molecule has 4 saturated heterocycles. The van der Waals surface area contributed by atoms with Gasteiger partial charge in [-0.05, 0) is 19.3 Å². The van der Waals surface area contributed by atoms with Gasteiger partial charge in [-0.2, -0.15) is 0 Å². The molecule has 0 aromatic carbocycles. The van der Waals surface area contributed by atoms with Gasteiger partial charge in [-0.15, -0.1) is 0 Å². The van der Waals surface area contributed by atoms with Crippen LogP contribution in [0.5, 0.6) is 0 Å². The number of hydrogen-bond donors (Lipinski definition) is 11. The zero-order chi connectivity index (χ0) is 31.7. The SMILES string of the molecule is NCC1OC(OC2C(CO)OC(OC3C(O)C(N)CC(N)C3OC3OC(C4COCCN4)CCC3N)C2O)C(N)C(O)C1O. The molecule has 0 aromatic heterocycles. The molecule has 5 rings (SSSR count). The van der Waals surface area contributed by atoms with E-state index in [4.69, 9.17) is 61.8 Å². The average molecular weight is 639 g/mol. The molecule has 0 bridgehead atoms. The maximum absolute atomic E-state index is 11.2. The van der Waals surface area contributed by atoms with Crippen LogP contribution in [0.2, 0.25) is 0 Å². The van der Waals surface area contributed by atoms with Gasteiger partial charge >= 0.3 is 0 Å². The van der Waals surface area contributed by atoms with Crippen LogP contribution in [-0.2, 0) is 33.2 Å². The summed E-state index contributed by atoms with van der Waals surface area (Å²) in [7, 11) is 0. The lowest BCUT2D eigenvalue weighted by Gasteiger charge is -2.46. The first kappa shape index (κ1) is 34.6. The molecule has 16 N–H and O–H groups in total. The van der Waals surface area contributed by atoms with E-state index in [9.17, 15) is 25.5 Å². The third-order valence-electron chi connectivity index (χ3n) is 9.23. The first-order valence-corrected chi connectivity index (χ1v) is 15.3. The van der Waals surface area contributed by atoms with E-state index in [1.165, 1.54) is 0 Å². The molecule has 1 aliphatic carbocycles. The number of aliphatic hydroxyl groups is 5. The smallest absolute Gasteiger partial charge is 0.187 e. The van der Waals surface area contributed by atoms with E-state index in [1.54, 1.807) is 0 Å². The van der Waals surface area contributed by atoms with E-state index < -0.39 is 105 Å². The van der Waals surface area contributed by atoms with Crippen LogP contribution in [-0.4, -0.2) is 169 Å². The van der Waals surface area contributed by atoms with E-state index >= 15 is 0 Å². The Morgan fingerprint density at radius 1 is 0.705 bits per heavy atom. The lowest BCUT2D eigenvalue weighted by atomic mass is 9.84. The molecule has 0 spiro atoms. The Kier molecular flexibility index (Phi) is 11.8. The number of hydrogen-bond acceptors (Lipinski definition) is 18. The van der Waals surface area contributed by atoms with Crippen molar-refractivity contribution in [3.05, 3.63) is 0 Å². The lowest BCUT2D eigenvalue weighted by molar-refractivity contribution is -0.291. The van der Waals surface area contributed by atoms with Crippen molar-refractivity contribution in [1.82, 2.24) is 5.32 Å². The summed E-state index contributed by atoms with van der Waals surface area (Å²) in [5, 5.41) is 56.3. The monoisotopic (exact) mass is 638 g/mol. The van der Waals surface area contributed by atoms with Crippen molar-refractivity contribution in [3.63, 3.8) is 0 Å². The van der Waals surface area contributed by atoms with Gasteiger partial charge in [0.25, 0.3) is 0 Å². The van der Waals surface area contributed by atoms with E-state index in [-0.39, 0.29) is 25.1 Å². The van der Waals surface area contributed by atoms with Crippen molar-refractivity contribution in [2.75, 3.05) is 32.9 Å². The van der Waals surface area contributed by atoms with Crippen LogP contribution >= 0.6 is 0 Å². The van der Waals surface area contributed by atoms with E-state index in [2.05, 4.69) is 5.32 Å². The molecule has 4 aliphatic heterocycles. The fourth-order valence-corrected chi connectivity index (χ4v) is 6.56. The fraction of sp³-hybridized carbons (Fsp3) is 1.00. The van der Waals surface area contributed by atoms with Crippen LogP contribution < -0.4 is 34.0 Å². The molecule has 256 valence electrons. The van der Waals surface area contributed by atoms with Crippen molar-refractivity contribution >= 4 is 0 Å². The van der Waals surface area contributed by atoms with Gasteiger partial charge in [0, 0.05) is 25.2 Å². The molecule has 0 aromatic rings. The van der Waals surface area contributed by atoms with E-state index in [0.717, 1.165) is 0 Å². The van der Waals surface area contributed by atoms with Crippen LogP contribution in [0, 0.1) is 0 Å². The van der Waals surface area contributed by atoms with Gasteiger partial charge in [0.05, 0.1) is 50.2 Å². The van der Waals surface area contributed by atoms with Crippen molar-refractivity contribution in [2.45, 2.75) is 129 Å². The third-order valence-corrected chi connectivity index (χ3v) is 9.23.